The van der Waals surface area contributed by atoms with Gasteiger partial charge in [-0.05, 0) is 38.0 Å². The predicted molar refractivity (Wildman–Crippen MR) is 78.1 cm³/mol. The molecular formula is C13H19BrO4S. The van der Waals surface area contributed by atoms with Gasteiger partial charge in [0.05, 0.1) is 16.2 Å². The van der Waals surface area contributed by atoms with E-state index in [1.54, 1.807) is 26.0 Å². The molecule has 0 saturated heterocycles. The first-order valence-electron chi connectivity index (χ1n) is 6.06. The van der Waals surface area contributed by atoms with Gasteiger partial charge >= 0.3 is 0 Å². The van der Waals surface area contributed by atoms with Crippen molar-refractivity contribution in [1.82, 2.24) is 0 Å². The van der Waals surface area contributed by atoms with Gasteiger partial charge in [-0.2, -0.15) is 0 Å². The third kappa shape index (κ3) is 4.02. The largest absolute Gasteiger partial charge is 0.390 e. The number of hydrogen-bond donors (Lipinski definition) is 2. The van der Waals surface area contributed by atoms with Crippen LogP contribution in [0.4, 0.5) is 0 Å². The van der Waals surface area contributed by atoms with Crippen molar-refractivity contribution in [2.24, 2.45) is 0 Å². The van der Waals surface area contributed by atoms with Crippen molar-refractivity contribution in [3.05, 3.63) is 29.8 Å². The summed E-state index contributed by atoms with van der Waals surface area (Å²) in [5.41, 5.74) is 0.412. The van der Waals surface area contributed by atoms with Crippen LogP contribution in [0, 0.1) is 0 Å². The van der Waals surface area contributed by atoms with E-state index in [0.29, 0.717) is 17.3 Å². The Morgan fingerprint density at radius 3 is 2.42 bits per heavy atom. The van der Waals surface area contributed by atoms with E-state index in [1.165, 1.54) is 12.1 Å². The van der Waals surface area contributed by atoms with Crippen LogP contribution >= 0.6 is 15.9 Å². The lowest BCUT2D eigenvalue weighted by atomic mass is 10.0. The Kier molecular flexibility index (Phi) is 5.98. The zero-order chi connectivity index (χ0) is 14.6. The van der Waals surface area contributed by atoms with Gasteiger partial charge in [-0.1, -0.05) is 28.1 Å². The SMILES string of the molecule is CC(C)S(=O)(=O)c1cccc(C(O)C(O)CCBr)c1. The Balaban J connectivity index is 3.08. The zero-order valence-corrected chi connectivity index (χ0v) is 13.4. The standard InChI is InChI=1S/C13H19BrO4S/c1-9(2)19(17,18)11-5-3-4-10(8-11)13(16)12(15)6-7-14/h3-5,8-9,12-13,15-16H,6-7H2,1-2H3. The molecule has 0 amide bonds. The van der Waals surface area contributed by atoms with Crippen LogP contribution in [-0.2, 0) is 9.84 Å². The minimum absolute atomic E-state index is 0.171. The summed E-state index contributed by atoms with van der Waals surface area (Å²) < 4.78 is 24.1. The van der Waals surface area contributed by atoms with E-state index in [2.05, 4.69) is 15.9 Å². The molecule has 2 unspecified atom stereocenters. The number of rotatable bonds is 6. The number of benzene rings is 1. The topological polar surface area (TPSA) is 74.6 Å². The molecule has 0 spiro atoms. The number of aliphatic hydroxyl groups is 2. The van der Waals surface area contributed by atoms with Gasteiger partial charge in [0.15, 0.2) is 9.84 Å². The van der Waals surface area contributed by atoms with Gasteiger partial charge in [0, 0.05) is 5.33 Å². The summed E-state index contributed by atoms with van der Waals surface area (Å²) in [6.07, 6.45) is -1.61. The molecule has 0 radical (unpaired) electrons. The molecule has 1 aromatic carbocycles. The summed E-state index contributed by atoms with van der Waals surface area (Å²) in [4.78, 5) is 0.171. The van der Waals surface area contributed by atoms with E-state index in [4.69, 9.17) is 0 Å². The van der Waals surface area contributed by atoms with Crippen LogP contribution in [0.15, 0.2) is 29.2 Å². The van der Waals surface area contributed by atoms with E-state index in [1.807, 2.05) is 0 Å². The van der Waals surface area contributed by atoms with Crippen molar-refractivity contribution in [3.8, 4) is 0 Å². The van der Waals surface area contributed by atoms with E-state index in [0.717, 1.165) is 0 Å². The van der Waals surface area contributed by atoms with Crippen LogP contribution in [0.2, 0.25) is 0 Å². The molecule has 6 heteroatoms. The molecule has 0 bridgehead atoms. The van der Waals surface area contributed by atoms with Crippen LogP contribution in [0.5, 0.6) is 0 Å². The van der Waals surface area contributed by atoms with Gasteiger partial charge in [-0.25, -0.2) is 8.42 Å². The Labute approximate surface area is 122 Å². The third-order valence-corrected chi connectivity index (χ3v) is 5.53. The lowest BCUT2D eigenvalue weighted by Gasteiger charge is -2.18. The normalized spacial score (nSPS) is 15.5. The summed E-state index contributed by atoms with van der Waals surface area (Å²) in [7, 11) is -3.37. The lowest BCUT2D eigenvalue weighted by molar-refractivity contribution is 0.0172. The van der Waals surface area contributed by atoms with Crippen molar-refractivity contribution >= 4 is 25.8 Å². The molecule has 1 aromatic rings. The highest BCUT2D eigenvalue weighted by Gasteiger charge is 2.22. The second kappa shape index (κ2) is 6.83. The number of aliphatic hydroxyl groups excluding tert-OH is 2. The molecule has 0 aliphatic rings. The van der Waals surface area contributed by atoms with Gasteiger partial charge in [0.25, 0.3) is 0 Å². The number of alkyl halides is 1. The molecule has 0 aliphatic heterocycles. The smallest absolute Gasteiger partial charge is 0.180 e. The lowest BCUT2D eigenvalue weighted by Crippen LogP contribution is -2.19. The second-order valence-corrected chi connectivity index (χ2v) is 7.95. The quantitative estimate of drug-likeness (QED) is 0.770. The summed E-state index contributed by atoms with van der Waals surface area (Å²) >= 11 is 3.19. The first-order chi connectivity index (χ1) is 8.80. The number of sulfone groups is 1. The highest BCUT2D eigenvalue weighted by molar-refractivity contribution is 9.09. The summed E-state index contributed by atoms with van der Waals surface area (Å²) in [6.45, 7) is 3.22. The van der Waals surface area contributed by atoms with Gasteiger partial charge < -0.3 is 10.2 Å². The van der Waals surface area contributed by atoms with Crippen LogP contribution in [0.3, 0.4) is 0 Å². The molecule has 108 valence electrons. The molecule has 2 N–H and O–H groups in total. The highest BCUT2D eigenvalue weighted by Crippen LogP contribution is 2.24. The van der Waals surface area contributed by atoms with Gasteiger partial charge in [-0.3, -0.25) is 0 Å². The van der Waals surface area contributed by atoms with E-state index >= 15 is 0 Å². The van der Waals surface area contributed by atoms with Crippen molar-refractivity contribution in [3.63, 3.8) is 0 Å². The van der Waals surface area contributed by atoms with E-state index < -0.39 is 27.3 Å². The number of hydrogen-bond acceptors (Lipinski definition) is 4. The molecule has 0 fully saturated rings. The molecule has 0 aliphatic carbocycles. The Hall–Kier alpha value is -0.430. The van der Waals surface area contributed by atoms with Crippen molar-refractivity contribution in [2.45, 2.75) is 42.6 Å². The fraction of sp³-hybridized carbons (Fsp3) is 0.538. The molecule has 4 nitrogen and oxygen atoms in total. The predicted octanol–water partition coefficient (Wildman–Crippen LogP) is 2.05. The van der Waals surface area contributed by atoms with Crippen LogP contribution in [-0.4, -0.2) is 35.3 Å². The first-order valence-corrected chi connectivity index (χ1v) is 8.73. The minimum Gasteiger partial charge on any atom is -0.390 e. The van der Waals surface area contributed by atoms with Gasteiger partial charge in [-0.15, -0.1) is 0 Å². The molecule has 0 saturated carbocycles. The maximum absolute atomic E-state index is 12.1. The van der Waals surface area contributed by atoms with E-state index in [9.17, 15) is 18.6 Å². The average molecular weight is 351 g/mol. The number of halogens is 1. The molecule has 0 aromatic heterocycles. The summed E-state index contributed by atoms with van der Waals surface area (Å²) in [5.74, 6) is 0. The highest BCUT2D eigenvalue weighted by atomic mass is 79.9. The van der Waals surface area contributed by atoms with Crippen molar-refractivity contribution in [1.29, 1.82) is 0 Å². The molecule has 19 heavy (non-hydrogen) atoms. The maximum Gasteiger partial charge on any atom is 0.180 e. The Bertz CT molecular complexity index is 513. The molecule has 1 rings (SSSR count). The minimum atomic E-state index is -3.37. The fourth-order valence-electron chi connectivity index (χ4n) is 1.64. The third-order valence-electron chi connectivity index (χ3n) is 2.92. The fourth-order valence-corrected chi connectivity index (χ4v) is 3.22. The maximum atomic E-state index is 12.1. The average Bonchev–Trinajstić information content (AvgIpc) is 2.38. The Morgan fingerprint density at radius 1 is 1.26 bits per heavy atom. The molecular weight excluding hydrogens is 332 g/mol. The Morgan fingerprint density at radius 2 is 1.89 bits per heavy atom. The van der Waals surface area contributed by atoms with Crippen LogP contribution in [0.1, 0.15) is 31.9 Å². The van der Waals surface area contributed by atoms with E-state index in [-0.39, 0.29) is 4.90 Å². The zero-order valence-electron chi connectivity index (χ0n) is 11.0. The van der Waals surface area contributed by atoms with Gasteiger partial charge in [0.2, 0.25) is 0 Å². The van der Waals surface area contributed by atoms with Crippen LogP contribution < -0.4 is 0 Å². The molecule has 0 heterocycles. The van der Waals surface area contributed by atoms with Crippen molar-refractivity contribution < 1.29 is 18.6 Å². The summed E-state index contributed by atoms with van der Waals surface area (Å²) in [6, 6.07) is 6.12. The van der Waals surface area contributed by atoms with Crippen molar-refractivity contribution in [2.75, 3.05) is 5.33 Å². The molecule has 2 atom stereocenters. The second-order valence-electron chi connectivity index (χ2n) is 4.66. The first kappa shape index (κ1) is 16.6. The monoisotopic (exact) mass is 350 g/mol. The van der Waals surface area contributed by atoms with Crippen LogP contribution in [0.25, 0.3) is 0 Å². The van der Waals surface area contributed by atoms with Gasteiger partial charge in [0.1, 0.15) is 6.10 Å². The summed E-state index contributed by atoms with van der Waals surface area (Å²) in [5, 5.41) is 19.8.